The molecule has 10 nitrogen and oxygen atoms in total. The van der Waals surface area contributed by atoms with Crippen molar-refractivity contribution >= 4 is 33.6 Å². The number of carbonyl (C=O) groups is 2. The Bertz CT molecular complexity index is 1960. The van der Waals surface area contributed by atoms with Gasteiger partial charge in [0, 0.05) is 93.0 Å². The number of sulfonamides is 1. The number of carbonyl (C=O) groups excluding carboxylic acids is 2. The maximum atomic E-state index is 14.3. The molecule has 5 heterocycles. The van der Waals surface area contributed by atoms with Gasteiger partial charge >= 0.3 is 6.18 Å². The summed E-state index contributed by atoms with van der Waals surface area (Å²) >= 11 is 0.900. The molecule has 304 valence electrons. The number of aromatic nitrogens is 2. The number of thioether (sulfide) groups is 1. The fraction of sp³-hybridized carbons (Fsp3) is 0.585. The van der Waals surface area contributed by atoms with Crippen LogP contribution in [-0.4, -0.2) is 113 Å². The topological polar surface area (TPSA) is 99.1 Å². The van der Waals surface area contributed by atoms with Gasteiger partial charge in [0.2, 0.25) is 21.8 Å². The van der Waals surface area contributed by atoms with Crippen molar-refractivity contribution in [2.75, 3.05) is 57.8 Å². The molecule has 4 aliphatic rings. The smallest absolute Gasteiger partial charge is 0.342 e. The zero-order valence-electron chi connectivity index (χ0n) is 32.2. The predicted octanol–water partition coefficient (Wildman–Crippen LogP) is 6.33. The lowest BCUT2D eigenvalue weighted by molar-refractivity contribution is -0.139. The Balaban J connectivity index is 1.02. The van der Waals surface area contributed by atoms with Crippen molar-refractivity contribution in [2.45, 2.75) is 94.4 Å². The average Bonchev–Trinajstić information content (AvgIpc) is 3.79. The van der Waals surface area contributed by atoms with Crippen LogP contribution in [0, 0.1) is 5.92 Å². The zero-order chi connectivity index (χ0) is 39.5. The minimum Gasteiger partial charge on any atom is -0.342 e. The second-order valence-electron chi connectivity index (χ2n) is 15.8. The van der Waals surface area contributed by atoms with E-state index in [1.165, 1.54) is 28.3 Å². The highest BCUT2D eigenvalue weighted by molar-refractivity contribution is 8.00. The fourth-order valence-electron chi connectivity index (χ4n) is 8.86. The minimum atomic E-state index is -4.62. The lowest BCUT2D eigenvalue weighted by Gasteiger charge is -2.36. The minimum absolute atomic E-state index is 0.0424. The van der Waals surface area contributed by atoms with Crippen LogP contribution in [0.5, 0.6) is 0 Å². The standard InChI is InChI=1S/C41H53F3N6O4S2/c1-56(53,54)48-26-18-36-34(28-48)40(45-50(36)21-6-19-46-22-16-33(17-23-46)49-20-5-9-38(49)51)32-12-13-35(41(42,43)44)37(27-32)55-29-39(52)47-24-14-31(15-25-47)11-10-30-7-3-2-4-8-30/h2-4,7-8,12-13,27,31,33H,5-6,9-11,14-26,28-29H2,1H3. The fourth-order valence-corrected chi connectivity index (χ4v) is 10.7. The highest BCUT2D eigenvalue weighted by Crippen LogP contribution is 2.41. The Morgan fingerprint density at radius 3 is 2.36 bits per heavy atom. The van der Waals surface area contributed by atoms with Crippen LogP contribution in [-0.2, 0) is 51.7 Å². The SMILES string of the molecule is CS(=O)(=O)N1CCc2c(c(-c3ccc(C(F)(F)F)c(SCC(=O)N4CCC(CCc5ccccc5)CC4)c3)nn2CCCN2CCC(N3CCCC3=O)CC2)C1. The number of likely N-dealkylation sites (tertiary alicyclic amines) is 3. The molecule has 1 aromatic heterocycles. The highest BCUT2D eigenvalue weighted by Gasteiger charge is 2.36. The number of halogens is 3. The van der Waals surface area contributed by atoms with Crippen LogP contribution < -0.4 is 0 Å². The van der Waals surface area contributed by atoms with Crippen molar-refractivity contribution in [3.05, 3.63) is 70.9 Å². The molecule has 2 aromatic carbocycles. The molecule has 0 saturated carbocycles. The van der Waals surface area contributed by atoms with E-state index >= 15 is 0 Å². The van der Waals surface area contributed by atoms with Gasteiger partial charge in [-0.15, -0.1) is 11.8 Å². The molecule has 4 aliphatic heterocycles. The summed E-state index contributed by atoms with van der Waals surface area (Å²) in [6.07, 6.45) is 5.11. The van der Waals surface area contributed by atoms with E-state index in [1.54, 1.807) is 4.90 Å². The Labute approximate surface area is 332 Å². The molecule has 0 unspecified atom stereocenters. The number of benzene rings is 2. The summed E-state index contributed by atoms with van der Waals surface area (Å²) < 4.78 is 71.6. The quantitative estimate of drug-likeness (QED) is 0.186. The molecule has 3 fully saturated rings. The number of amides is 2. The molecule has 0 aliphatic carbocycles. The summed E-state index contributed by atoms with van der Waals surface area (Å²) in [6, 6.07) is 14.6. The van der Waals surface area contributed by atoms with Gasteiger partial charge in [0.05, 0.1) is 23.3 Å². The number of hydrogen-bond donors (Lipinski definition) is 0. The number of hydrogen-bond acceptors (Lipinski definition) is 7. The van der Waals surface area contributed by atoms with Gasteiger partial charge in [0.15, 0.2) is 0 Å². The van der Waals surface area contributed by atoms with Gasteiger partial charge in [0.25, 0.3) is 0 Å². The first-order valence-electron chi connectivity index (χ1n) is 20.0. The number of nitrogens with zero attached hydrogens (tertiary/aromatic N) is 6. The average molecular weight is 815 g/mol. The molecule has 56 heavy (non-hydrogen) atoms. The predicted molar refractivity (Wildman–Crippen MR) is 211 cm³/mol. The summed E-state index contributed by atoms with van der Waals surface area (Å²) in [7, 11) is -3.52. The summed E-state index contributed by atoms with van der Waals surface area (Å²) in [5.74, 6) is 0.496. The first-order chi connectivity index (χ1) is 26.8. The van der Waals surface area contributed by atoms with Crippen molar-refractivity contribution < 1.29 is 31.2 Å². The van der Waals surface area contributed by atoms with Crippen molar-refractivity contribution in [1.29, 1.82) is 0 Å². The maximum absolute atomic E-state index is 14.3. The Morgan fingerprint density at radius 2 is 1.68 bits per heavy atom. The van der Waals surface area contributed by atoms with E-state index in [9.17, 15) is 31.2 Å². The molecule has 0 radical (unpaired) electrons. The zero-order valence-corrected chi connectivity index (χ0v) is 33.8. The van der Waals surface area contributed by atoms with Crippen LogP contribution in [0.1, 0.15) is 73.8 Å². The summed E-state index contributed by atoms with van der Waals surface area (Å²) in [6.45, 7) is 5.73. The molecular formula is C41H53F3N6O4S2. The highest BCUT2D eigenvalue weighted by atomic mass is 32.2. The number of piperidine rings is 2. The van der Waals surface area contributed by atoms with Crippen LogP contribution in [0.25, 0.3) is 11.3 Å². The molecule has 3 saturated heterocycles. The molecule has 7 rings (SSSR count). The molecule has 0 atom stereocenters. The van der Waals surface area contributed by atoms with Crippen molar-refractivity contribution in [1.82, 2.24) is 28.8 Å². The van der Waals surface area contributed by atoms with Crippen LogP contribution in [0.4, 0.5) is 13.2 Å². The molecular weight excluding hydrogens is 762 g/mol. The van der Waals surface area contributed by atoms with Crippen LogP contribution in [0.15, 0.2) is 53.4 Å². The maximum Gasteiger partial charge on any atom is 0.417 e. The van der Waals surface area contributed by atoms with E-state index in [2.05, 4.69) is 21.9 Å². The van der Waals surface area contributed by atoms with Gasteiger partial charge in [-0.25, -0.2) is 8.42 Å². The van der Waals surface area contributed by atoms with E-state index in [4.69, 9.17) is 5.10 Å². The Morgan fingerprint density at radius 1 is 0.929 bits per heavy atom. The van der Waals surface area contributed by atoms with Gasteiger partial charge in [-0.2, -0.15) is 22.6 Å². The third kappa shape index (κ3) is 9.82. The van der Waals surface area contributed by atoms with Crippen LogP contribution in [0.2, 0.25) is 0 Å². The summed E-state index contributed by atoms with van der Waals surface area (Å²) in [5.41, 5.74) is 3.05. The molecule has 0 spiro atoms. The van der Waals surface area contributed by atoms with E-state index < -0.39 is 21.8 Å². The van der Waals surface area contributed by atoms with Crippen LogP contribution in [0.3, 0.4) is 0 Å². The lowest BCUT2D eigenvalue weighted by Crippen LogP contribution is -2.45. The van der Waals surface area contributed by atoms with Crippen molar-refractivity contribution in [3.8, 4) is 11.3 Å². The van der Waals surface area contributed by atoms with Crippen molar-refractivity contribution in [3.63, 3.8) is 0 Å². The largest absolute Gasteiger partial charge is 0.417 e. The second-order valence-corrected chi connectivity index (χ2v) is 18.8. The van der Waals surface area contributed by atoms with E-state index in [0.717, 1.165) is 101 Å². The van der Waals surface area contributed by atoms with E-state index in [-0.39, 0.29) is 29.0 Å². The molecule has 0 N–H and O–H groups in total. The summed E-state index contributed by atoms with van der Waals surface area (Å²) in [5, 5.41) is 4.94. The summed E-state index contributed by atoms with van der Waals surface area (Å²) in [4.78, 5) is 31.8. The first-order valence-corrected chi connectivity index (χ1v) is 22.9. The van der Waals surface area contributed by atoms with E-state index in [0.29, 0.717) is 67.8 Å². The Hall–Kier alpha value is -3.40. The number of rotatable bonds is 13. The number of fused-ring (bicyclic) bond motifs is 1. The lowest BCUT2D eigenvalue weighted by atomic mass is 9.90. The Kier molecular flexibility index (Phi) is 12.8. The number of alkyl halides is 3. The van der Waals surface area contributed by atoms with E-state index in [1.807, 2.05) is 22.9 Å². The van der Waals surface area contributed by atoms with Gasteiger partial charge < -0.3 is 14.7 Å². The van der Waals surface area contributed by atoms with Gasteiger partial charge in [-0.1, -0.05) is 36.4 Å². The van der Waals surface area contributed by atoms with Crippen molar-refractivity contribution in [2.24, 2.45) is 5.92 Å². The number of aryl methyl sites for hydroxylation is 2. The molecule has 15 heteroatoms. The monoisotopic (exact) mass is 814 g/mol. The first kappa shape index (κ1) is 40.8. The third-order valence-electron chi connectivity index (χ3n) is 12.1. The van der Waals surface area contributed by atoms with Crippen LogP contribution >= 0.6 is 11.8 Å². The third-order valence-corrected chi connectivity index (χ3v) is 14.4. The molecule has 2 amide bonds. The van der Waals surface area contributed by atoms with Gasteiger partial charge in [0.1, 0.15) is 0 Å². The van der Waals surface area contributed by atoms with Gasteiger partial charge in [-0.05, 0) is 81.5 Å². The van der Waals surface area contributed by atoms with Gasteiger partial charge in [-0.3, -0.25) is 14.3 Å². The normalized spacial score (nSPS) is 19.5. The molecule has 3 aromatic rings. The second kappa shape index (κ2) is 17.6. The molecule has 0 bridgehead atoms.